The molecule has 0 bridgehead atoms. The molecule has 0 saturated heterocycles. The van der Waals surface area contributed by atoms with Gasteiger partial charge in [0.05, 0.1) is 36.4 Å². The van der Waals surface area contributed by atoms with Crippen LogP contribution in [0.15, 0.2) is 30.5 Å². The largest absolute Gasteiger partial charge is 0.369 e. The number of aromatic nitrogens is 3. The van der Waals surface area contributed by atoms with Crippen LogP contribution >= 0.6 is 0 Å². The SMILES string of the molecule is CCS(=O)(=O)CCN1Cc2ccnn2CC(OCc2cccc(C)n2)C1. The first-order chi connectivity index (χ1) is 12.4. The molecule has 0 saturated carbocycles. The van der Waals surface area contributed by atoms with Gasteiger partial charge in [0.25, 0.3) is 0 Å². The lowest BCUT2D eigenvalue weighted by Gasteiger charge is -2.23. The third-order valence-electron chi connectivity index (χ3n) is 4.60. The number of aryl methyl sites for hydroxylation is 1. The second-order valence-corrected chi connectivity index (χ2v) is 9.15. The molecule has 26 heavy (non-hydrogen) atoms. The molecule has 0 N–H and O–H groups in total. The van der Waals surface area contributed by atoms with Crippen molar-refractivity contribution in [3.05, 3.63) is 47.5 Å². The molecule has 1 aliphatic rings. The Hall–Kier alpha value is -1.77. The van der Waals surface area contributed by atoms with Gasteiger partial charge in [0.1, 0.15) is 0 Å². The van der Waals surface area contributed by atoms with E-state index in [0.29, 0.717) is 32.8 Å². The number of pyridine rings is 1. The Bertz CT molecular complexity index is 834. The Kier molecular flexibility index (Phi) is 6.05. The predicted molar refractivity (Wildman–Crippen MR) is 99.4 cm³/mol. The van der Waals surface area contributed by atoms with Gasteiger partial charge in [-0.3, -0.25) is 14.6 Å². The zero-order valence-electron chi connectivity index (χ0n) is 15.3. The molecule has 2 aromatic heterocycles. The lowest BCUT2D eigenvalue weighted by atomic mass is 10.3. The van der Waals surface area contributed by atoms with E-state index in [0.717, 1.165) is 17.1 Å². The molecule has 1 atom stereocenters. The minimum absolute atomic E-state index is 0.0669. The third-order valence-corrected chi connectivity index (χ3v) is 6.28. The first-order valence-electron chi connectivity index (χ1n) is 8.93. The lowest BCUT2D eigenvalue weighted by Crippen LogP contribution is -2.36. The second-order valence-electron chi connectivity index (χ2n) is 6.68. The quantitative estimate of drug-likeness (QED) is 0.725. The first-order valence-corrected chi connectivity index (χ1v) is 10.7. The minimum Gasteiger partial charge on any atom is -0.369 e. The summed E-state index contributed by atoms with van der Waals surface area (Å²) >= 11 is 0. The van der Waals surface area contributed by atoms with Crippen molar-refractivity contribution in [3.8, 4) is 0 Å². The zero-order valence-corrected chi connectivity index (χ0v) is 16.2. The summed E-state index contributed by atoms with van der Waals surface area (Å²) in [6, 6.07) is 7.86. The molecule has 0 aliphatic carbocycles. The Morgan fingerprint density at radius 2 is 2.12 bits per heavy atom. The highest BCUT2D eigenvalue weighted by atomic mass is 32.2. The van der Waals surface area contributed by atoms with Crippen LogP contribution in [0.2, 0.25) is 0 Å². The fraction of sp³-hybridized carbons (Fsp3) is 0.556. The van der Waals surface area contributed by atoms with Crippen molar-refractivity contribution in [1.29, 1.82) is 0 Å². The number of hydrogen-bond donors (Lipinski definition) is 0. The first kappa shape index (κ1) is 19.0. The summed E-state index contributed by atoms with van der Waals surface area (Å²) in [5.74, 6) is 0.349. The van der Waals surface area contributed by atoms with E-state index in [1.807, 2.05) is 35.9 Å². The highest BCUT2D eigenvalue weighted by Crippen LogP contribution is 2.15. The summed E-state index contributed by atoms with van der Waals surface area (Å²) in [4.78, 5) is 6.61. The Labute approximate surface area is 154 Å². The molecule has 0 amide bonds. The van der Waals surface area contributed by atoms with Gasteiger partial charge in [-0.15, -0.1) is 0 Å². The summed E-state index contributed by atoms with van der Waals surface area (Å²) < 4.78 is 31.8. The van der Waals surface area contributed by atoms with Crippen LogP contribution in [0.25, 0.3) is 0 Å². The standard InChI is InChI=1S/C18H26N4O3S/c1-3-26(23,24)10-9-21-11-17-7-8-19-22(17)13-18(12-21)25-14-16-6-4-5-15(2)20-16/h4-8,18H,3,9-14H2,1-2H3. The van der Waals surface area contributed by atoms with Crippen LogP contribution in [-0.4, -0.2) is 58.8 Å². The maximum absolute atomic E-state index is 11.9. The molecule has 1 unspecified atom stereocenters. The van der Waals surface area contributed by atoms with Gasteiger partial charge in [0.15, 0.2) is 9.84 Å². The van der Waals surface area contributed by atoms with Gasteiger partial charge in [0, 0.05) is 37.3 Å². The third kappa shape index (κ3) is 5.12. The van der Waals surface area contributed by atoms with Crippen molar-refractivity contribution in [2.24, 2.45) is 0 Å². The number of fused-ring (bicyclic) bond motifs is 1. The van der Waals surface area contributed by atoms with Crippen LogP contribution in [0.3, 0.4) is 0 Å². The molecule has 0 fully saturated rings. The van der Waals surface area contributed by atoms with Crippen molar-refractivity contribution < 1.29 is 13.2 Å². The number of nitrogens with zero attached hydrogens (tertiary/aromatic N) is 4. The summed E-state index contributed by atoms with van der Waals surface area (Å²) in [5, 5.41) is 4.37. The molecule has 0 spiro atoms. The maximum Gasteiger partial charge on any atom is 0.151 e. The van der Waals surface area contributed by atoms with Crippen LogP contribution in [-0.2, 0) is 34.3 Å². The van der Waals surface area contributed by atoms with Gasteiger partial charge in [0.2, 0.25) is 0 Å². The fourth-order valence-corrected chi connectivity index (χ4v) is 3.89. The normalized spacial score (nSPS) is 18.5. The van der Waals surface area contributed by atoms with Crippen LogP contribution in [0.5, 0.6) is 0 Å². The number of sulfone groups is 1. The summed E-state index contributed by atoms with van der Waals surface area (Å²) in [5.41, 5.74) is 2.95. The minimum atomic E-state index is -2.99. The van der Waals surface area contributed by atoms with E-state index in [1.165, 1.54) is 0 Å². The molecule has 0 radical (unpaired) electrons. The Balaban J connectivity index is 1.67. The predicted octanol–water partition coefficient (Wildman–Crippen LogP) is 1.42. The van der Waals surface area contributed by atoms with Crippen molar-refractivity contribution in [2.45, 2.75) is 39.6 Å². The maximum atomic E-state index is 11.9. The number of rotatable bonds is 7. The molecule has 8 heteroatoms. The molecule has 2 aromatic rings. The average molecular weight is 378 g/mol. The van der Waals surface area contributed by atoms with Crippen molar-refractivity contribution in [1.82, 2.24) is 19.7 Å². The molecule has 7 nitrogen and oxygen atoms in total. The van der Waals surface area contributed by atoms with Crippen molar-refractivity contribution in [3.63, 3.8) is 0 Å². The molecule has 3 rings (SSSR count). The average Bonchev–Trinajstić information content (AvgIpc) is 2.97. The van der Waals surface area contributed by atoms with Gasteiger partial charge < -0.3 is 4.74 Å². The van der Waals surface area contributed by atoms with Crippen LogP contribution < -0.4 is 0 Å². The van der Waals surface area contributed by atoms with E-state index in [1.54, 1.807) is 13.1 Å². The zero-order chi connectivity index (χ0) is 18.6. The Morgan fingerprint density at radius 1 is 1.27 bits per heavy atom. The molecule has 0 aromatic carbocycles. The lowest BCUT2D eigenvalue weighted by molar-refractivity contribution is 0.00820. The molecular weight excluding hydrogens is 352 g/mol. The summed E-state index contributed by atoms with van der Waals surface area (Å²) in [6.07, 6.45) is 1.71. The van der Waals surface area contributed by atoms with Gasteiger partial charge in [-0.2, -0.15) is 5.10 Å². The Morgan fingerprint density at radius 3 is 2.88 bits per heavy atom. The van der Waals surface area contributed by atoms with Crippen LogP contribution in [0.4, 0.5) is 0 Å². The van der Waals surface area contributed by atoms with E-state index in [2.05, 4.69) is 15.0 Å². The number of ether oxygens (including phenoxy) is 1. The topological polar surface area (TPSA) is 77.3 Å². The highest BCUT2D eigenvalue weighted by molar-refractivity contribution is 7.91. The number of hydrogen-bond acceptors (Lipinski definition) is 6. The van der Waals surface area contributed by atoms with Gasteiger partial charge in [-0.05, 0) is 25.1 Å². The van der Waals surface area contributed by atoms with Crippen molar-refractivity contribution >= 4 is 9.84 Å². The van der Waals surface area contributed by atoms with Gasteiger partial charge >= 0.3 is 0 Å². The van der Waals surface area contributed by atoms with Crippen LogP contribution in [0.1, 0.15) is 24.0 Å². The molecule has 1 aliphatic heterocycles. The van der Waals surface area contributed by atoms with E-state index in [-0.39, 0.29) is 17.6 Å². The van der Waals surface area contributed by atoms with Crippen LogP contribution in [0, 0.1) is 6.92 Å². The summed E-state index contributed by atoms with van der Waals surface area (Å²) in [6.45, 7) is 6.60. The van der Waals surface area contributed by atoms with E-state index in [4.69, 9.17) is 4.74 Å². The van der Waals surface area contributed by atoms with E-state index < -0.39 is 9.84 Å². The van der Waals surface area contributed by atoms with E-state index in [9.17, 15) is 8.42 Å². The smallest absolute Gasteiger partial charge is 0.151 e. The fourth-order valence-electron chi connectivity index (χ4n) is 3.06. The highest BCUT2D eigenvalue weighted by Gasteiger charge is 2.24. The summed E-state index contributed by atoms with van der Waals surface area (Å²) in [7, 11) is -2.99. The van der Waals surface area contributed by atoms with Gasteiger partial charge in [-0.1, -0.05) is 13.0 Å². The molecule has 3 heterocycles. The van der Waals surface area contributed by atoms with Gasteiger partial charge in [-0.25, -0.2) is 8.42 Å². The van der Waals surface area contributed by atoms with E-state index >= 15 is 0 Å². The second kappa shape index (κ2) is 8.28. The van der Waals surface area contributed by atoms with Crippen molar-refractivity contribution in [2.75, 3.05) is 24.6 Å². The molecule has 142 valence electrons. The monoisotopic (exact) mass is 378 g/mol. The molecular formula is C18H26N4O3S.